The van der Waals surface area contributed by atoms with Gasteiger partial charge in [-0.15, -0.1) is 0 Å². The van der Waals surface area contributed by atoms with Crippen molar-refractivity contribution in [2.45, 2.75) is 50.2 Å². The first kappa shape index (κ1) is 17.2. The van der Waals surface area contributed by atoms with E-state index in [1.807, 2.05) is 6.07 Å². The molecule has 132 valence electrons. The molecule has 24 heavy (non-hydrogen) atoms. The molecule has 3 N–H and O–H groups in total. The highest BCUT2D eigenvalue weighted by molar-refractivity contribution is 5.73. The number of nitrogens with zero attached hydrogens (tertiary/aromatic N) is 1. The zero-order valence-electron chi connectivity index (χ0n) is 14.3. The molecule has 1 aromatic carbocycles. The minimum absolute atomic E-state index is 0.162. The Kier molecular flexibility index (Phi) is 5.74. The van der Waals surface area contributed by atoms with Crippen molar-refractivity contribution in [3.8, 4) is 0 Å². The van der Waals surface area contributed by atoms with Crippen LogP contribution in [0.25, 0.3) is 0 Å². The van der Waals surface area contributed by atoms with Crippen molar-refractivity contribution in [3.63, 3.8) is 0 Å². The topological polar surface area (TPSA) is 64.6 Å². The number of hydrogen-bond donors (Lipinski definition) is 3. The van der Waals surface area contributed by atoms with Crippen LogP contribution in [0.1, 0.15) is 37.7 Å². The van der Waals surface area contributed by atoms with E-state index in [2.05, 4.69) is 39.8 Å². The van der Waals surface area contributed by atoms with E-state index in [9.17, 15) is 9.90 Å². The normalized spacial score (nSPS) is 22.8. The Balaban J connectivity index is 1.36. The Hall–Kier alpha value is -1.59. The van der Waals surface area contributed by atoms with Gasteiger partial charge in [0, 0.05) is 25.7 Å². The highest BCUT2D eigenvalue weighted by atomic mass is 16.3. The molecule has 0 bridgehead atoms. The monoisotopic (exact) mass is 331 g/mol. The van der Waals surface area contributed by atoms with Crippen molar-refractivity contribution in [3.05, 3.63) is 35.9 Å². The van der Waals surface area contributed by atoms with Crippen molar-refractivity contribution in [1.29, 1.82) is 0 Å². The fraction of sp³-hybridized carbons (Fsp3) is 0.632. The average Bonchev–Trinajstić information content (AvgIpc) is 3.03. The number of urea groups is 1. The lowest BCUT2D eigenvalue weighted by Crippen LogP contribution is -2.51. The molecule has 1 atom stereocenters. The molecule has 0 unspecified atom stereocenters. The summed E-state index contributed by atoms with van der Waals surface area (Å²) in [5, 5.41) is 15.8. The molecular formula is C19H29N3O2. The molecule has 2 fully saturated rings. The molecule has 0 spiro atoms. The number of hydrogen-bond acceptors (Lipinski definition) is 3. The third-order valence-electron chi connectivity index (χ3n) is 5.39. The van der Waals surface area contributed by atoms with Gasteiger partial charge in [0.25, 0.3) is 0 Å². The molecule has 1 aliphatic carbocycles. The summed E-state index contributed by atoms with van der Waals surface area (Å²) in [5.41, 5.74) is 0.703. The summed E-state index contributed by atoms with van der Waals surface area (Å²) in [6, 6.07) is 10.8. The Labute approximate surface area is 144 Å². The van der Waals surface area contributed by atoms with Gasteiger partial charge in [-0.25, -0.2) is 4.79 Å². The number of likely N-dealkylation sites (tertiary alicyclic amines) is 1. The van der Waals surface area contributed by atoms with Gasteiger partial charge in [0.2, 0.25) is 0 Å². The van der Waals surface area contributed by atoms with E-state index in [0.29, 0.717) is 19.1 Å². The molecule has 5 heteroatoms. The summed E-state index contributed by atoms with van der Waals surface area (Å²) >= 11 is 0. The van der Waals surface area contributed by atoms with E-state index in [0.717, 1.165) is 45.2 Å². The fourth-order valence-corrected chi connectivity index (χ4v) is 3.62. The highest BCUT2D eigenvalue weighted by Crippen LogP contribution is 2.30. The third-order valence-corrected chi connectivity index (χ3v) is 5.39. The molecule has 1 saturated carbocycles. The summed E-state index contributed by atoms with van der Waals surface area (Å²) in [6.45, 7) is 3.19. The van der Waals surface area contributed by atoms with Gasteiger partial charge in [0.05, 0.1) is 5.60 Å². The second-order valence-electron chi connectivity index (χ2n) is 7.21. The first-order chi connectivity index (χ1) is 11.6. The zero-order valence-corrected chi connectivity index (χ0v) is 14.3. The molecule has 3 rings (SSSR count). The van der Waals surface area contributed by atoms with Crippen LogP contribution in [0.4, 0.5) is 4.79 Å². The number of nitrogens with one attached hydrogen (secondary N) is 2. The largest absolute Gasteiger partial charge is 0.388 e. The number of amides is 2. The molecule has 1 aromatic rings. The summed E-state index contributed by atoms with van der Waals surface area (Å²) in [6.07, 6.45) is 6.03. The predicted octanol–water partition coefficient (Wildman–Crippen LogP) is 1.91. The second kappa shape index (κ2) is 7.99. The first-order valence-corrected chi connectivity index (χ1v) is 9.17. The highest BCUT2D eigenvalue weighted by Gasteiger charge is 2.34. The van der Waals surface area contributed by atoms with Crippen LogP contribution >= 0.6 is 0 Å². The van der Waals surface area contributed by atoms with Crippen LogP contribution in [0.3, 0.4) is 0 Å². The van der Waals surface area contributed by atoms with Gasteiger partial charge < -0.3 is 15.7 Å². The lowest BCUT2D eigenvalue weighted by atomic mass is 9.80. The van der Waals surface area contributed by atoms with E-state index in [-0.39, 0.29) is 6.03 Å². The first-order valence-electron chi connectivity index (χ1n) is 9.17. The van der Waals surface area contributed by atoms with Crippen molar-refractivity contribution in [1.82, 2.24) is 15.5 Å². The number of carbonyl (C=O) groups is 1. The molecule has 1 aliphatic heterocycles. The Morgan fingerprint density at radius 3 is 2.71 bits per heavy atom. The Morgan fingerprint density at radius 2 is 2.00 bits per heavy atom. The predicted molar refractivity (Wildman–Crippen MR) is 94.9 cm³/mol. The molecule has 2 aliphatic rings. The standard InChI is InChI=1S/C19H29N3O2/c23-18(21-15-19(24)10-5-11-19)20-14-17-8-4-12-22(17)13-9-16-6-2-1-3-7-16/h1-3,6-7,17,24H,4-5,8-15H2,(H2,20,21,23)/t17-/m1/s1. The average molecular weight is 331 g/mol. The van der Waals surface area contributed by atoms with Crippen molar-refractivity contribution >= 4 is 6.03 Å². The van der Waals surface area contributed by atoms with Gasteiger partial charge in [0.1, 0.15) is 0 Å². The Bertz CT molecular complexity index is 531. The van der Waals surface area contributed by atoms with Gasteiger partial charge in [-0.1, -0.05) is 30.3 Å². The van der Waals surface area contributed by atoms with Gasteiger partial charge in [0.15, 0.2) is 0 Å². The van der Waals surface area contributed by atoms with Crippen LogP contribution in [0.2, 0.25) is 0 Å². The molecular weight excluding hydrogens is 302 g/mol. The number of aliphatic hydroxyl groups is 1. The SMILES string of the molecule is O=C(NC[C@H]1CCCN1CCc1ccccc1)NCC1(O)CCC1. The number of benzene rings is 1. The maximum absolute atomic E-state index is 11.9. The van der Waals surface area contributed by atoms with E-state index < -0.39 is 5.60 Å². The minimum atomic E-state index is -0.660. The fourth-order valence-electron chi connectivity index (χ4n) is 3.62. The van der Waals surface area contributed by atoms with Crippen LogP contribution < -0.4 is 10.6 Å². The summed E-state index contributed by atoms with van der Waals surface area (Å²) in [4.78, 5) is 14.4. The van der Waals surface area contributed by atoms with Crippen molar-refractivity contribution < 1.29 is 9.90 Å². The Morgan fingerprint density at radius 1 is 1.21 bits per heavy atom. The van der Waals surface area contributed by atoms with Gasteiger partial charge in [-0.2, -0.15) is 0 Å². The maximum atomic E-state index is 11.9. The summed E-state index contributed by atoms with van der Waals surface area (Å²) in [7, 11) is 0. The summed E-state index contributed by atoms with van der Waals surface area (Å²) in [5.74, 6) is 0. The molecule has 1 saturated heterocycles. The number of rotatable bonds is 7. The van der Waals surface area contributed by atoms with Gasteiger partial charge in [-0.05, 0) is 50.6 Å². The molecule has 0 radical (unpaired) electrons. The zero-order chi connectivity index (χ0) is 16.8. The van der Waals surface area contributed by atoms with Crippen LogP contribution in [-0.2, 0) is 6.42 Å². The number of carbonyl (C=O) groups excluding carboxylic acids is 1. The lowest BCUT2D eigenvalue weighted by molar-refractivity contribution is -0.0290. The molecule has 5 nitrogen and oxygen atoms in total. The van der Waals surface area contributed by atoms with Crippen molar-refractivity contribution in [2.75, 3.05) is 26.2 Å². The van der Waals surface area contributed by atoms with Crippen molar-refractivity contribution in [2.24, 2.45) is 0 Å². The second-order valence-corrected chi connectivity index (χ2v) is 7.21. The smallest absolute Gasteiger partial charge is 0.314 e. The van der Waals surface area contributed by atoms with Crippen LogP contribution in [0, 0.1) is 0 Å². The lowest BCUT2D eigenvalue weighted by Gasteiger charge is -2.36. The van der Waals surface area contributed by atoms with Crippen LogP contribution in [0.5, 0.6) is 0 Å². The van der Waals surface area contributed by atoms with E-state index in [1.54, 1.807) is 0 Å². The van der Waals surface area contributed by atoms with E-state index in [4.69, 9.17) is 0 Å². The molecule has 0 aromatic heterocycles. The maximum Gasteiger partial charge on any atom is 0.314 e. The molecule has 1 heterocycles. The third kappa shape index (κ3) is 4.71. The quantitative estimate of drug-likeness (QED) is 0.715. The van der Waals surface area contributed by atoms with E-state index in [1.165, 1.54) is 12.0 Å². The van der Waals surface area contributed by atoms with Gasteiger partial charge in [-0.3, -0.25) is 4.90 Å². The van der Waals surface area contributed by atoms with E-state index >= 15 is 0 Å². The minimum Gasteiger partial charge on any atom is -0.388 e. The van der Waals surface area contributed by atoms with Gasteiger partial charge >= 0.3 is 6.03 Å². The van der Waals surface area contributed by atoms with Crippen LogP contribution in [0.15, 0.2) is 30.3 Å². The van der Waals surface area contributed by atoms with Crippen LogP contribution in [-0.4, -0.2) is 53.9 Å². The molecule has 2 amide bonds. The summed E-state index contributed by atoms with van der Waals surface area (Å²) < 4.78 is 0.